The minimum absolute atomic E-state index is 0.317. The highest BCUT2D eigenvalue weighted by Crippen LogP contribution is 2.02. The first-order chi connectivity index (χ1) is 6.97. The van der Waals surface area contributed by atoms with Crippen LogP contribution in [0.3, 0.4) is 0 Å². The molecule has 0 N–H and O–H groups in total. The molecular formula is C11H16O4. The maximum Gasteiger partial charge on any atom is 0.341 e. The zero-order valence-corrected chi connectivity index (χ0v) is 9.33. The predicted octanol–water partition coefficient (Wildman–Crippen LogP) is 1.78. The average molecular weight is 212 g/mol. The molecule has 0 radical (unpaired) electrons. The number of unbranched alkanes of at least 4 members (excludes halogenated alkanes) is 1. The van der Waals surface area contributed by atoms with E-state index in [1.165, 1.54) is 6.92 Å². The summed E-state index contributed by atoms with van der Waals surface area (Å²) in [7, 11) is 0. The van der Waals surface area contributed by atoms with E-state index in [-0.39, 0.29) is 12.2 Å². The summed E-state index contributed by atoms with van der Waals surface area (Å²) in [6.07, 6.45) is 3.05. The third kappa shape index (κ3) is 6.60. The van der Waals surface area contributed by atoms with E-state index >= 15 is 0 Å². The molecule has 0 aliphatic rings. The van der Waals surface area contributed by atoms with E-state index in [0.29, 0.717) is 5.57 Å². The second-order valence-electron chi connectivity index (χ2n) is 3.32. The lowest BCUT2D eigenvalue weighted by atomic mass is 10.2. The minimum Gasteiger partial charge on any atom is -0.389 e. The molecule has 0 heterocycles. The molecule has 15 heavy (non-hydrogen) atoms. The van der Waals surface area contributed by atoms with Crippen LogP contribution in [-0.4, -0.2) is 17.7 Å². The van der Waals surface area contributed by atoms with Crippen LogP contribution in [-0.2, 0) is 19.1 Å². The van der Waals surface area contributed by atoms with Gasteiger partial charge in [0.05, 0.1) is 0 Å². The number of ether oxygens (including phenoxy) is 1. The molecule has 4 heteroatoms. The van der Waals surface area contributed by atoms with E-state index in [0.717, 1.165) is 12.8 Å². The van der Waals surface area contributed by atoms with Gasteiger partial charge in [0.15, 0.2) is 0 Å². The number of rotatable bonds is 5. The Morgan fingerprint density at radius 2 is 1.80 bits per heavy atom. The lowest BCUT2D eigenvalue weighted by molar-refractivity contribution is -0.157. The molecule has 0 rings (SSSR count). The Morgan fingerprint density at radius 1 is 1.20 bits per heavy atom. The Balaban J connectivity index is 4.13. The molecule has 0 aliphatic carbocycles. The molecule has 0 aliphatic heterocycles. The Bertz CT molecular complexity index is 289. The molecule has 0 spiro atoms. The van der Waals surface area contributed by atoms with Gasteiger partial charge in [-0.1, -0.05) is 19.4 Å². The maximum atomic E-state index is 11.2. The number of hydrogen-bond donors (Lipinski definition) is 0. The first-order valence-corrected chi connectivity index (χ1v) is 4.88. The van der Waals surface area contributed by atoms with Gasteiger partial charge in [-0.25, -0.2) is 4.79 Å². The van der Waals surface area contributed by atoms with Gasteiger partial charge < -0.3 is 4.74 Å². The van der Waals surface area contributed by atoms with Gasteiger partial charge in [-0.3, -0.25) is 9.59 Å². The monoisotopic (exact) mass is 212 g/mol. The molecule has 0 saturated carbocycles. The number of carbonyl (C=O) groups is 3. The van der Waals surface area contributed by atoms with Gasteiger partial charge in [0, 0.05) is 5.57 Å². The fourth-order valence-corrected chi connectivity index (χ4v) is 0.867. The van der Waals surface area contributed by atoms with Crippen molar-refractivity contribution in [3.8, 4) is 0 Å². The first kappa shape index (κ1) is 13.5. The van der Waals surface area contributed by atoms with E-state index in [1.807, 2.05) is 6.92 Å². The van der Waals surface area contributed by atoms with Crippen LogP contribution in [0.4, 0.5) is 0 Å². The molecule has 0 unspecified atom stereocenters. The molecule has 0 amide bonds. The molecule has 0 fully saturated rings. The highest BCUT2D eigenvalue weighted by Gasteiger charge is 2.13. The molecule has 0 aromatic rings. The minimum atomic E-state index is -0.795. The lowest BCUT2D eigenvalue weighted by Gasteiger charge is -2.01. The Kier molecular flexibility index (Phi) is 6.25. The second kappa shape index (κ2) is 6.92. The van der Waals surface area contributed by atoms with Crippen molar-refractivity contribution in [2.45, 2.75) is 40.0 Å². The third-order valence-corrected chi connectivity index (χ3v) is 1.66. The Hall–Kier alpha value is -1.45. The van der Waals surface area contributed by atoms with E-state index in [4.69, 9.17) is 0 Å². The van der Waals surface area contributed by atoms with Crippen molar-refractivity contribution < 1.29 is 19.1 Å². The lowest BCUT2D eigenvalue weighted by Crippen LogP contribution is -2.15. The number of Topliss-reactive ketones (excluding diaryl/α,β-unsaturated/α-hetero) is 1. The molecule has 4 nitrogen and oxygen atoms in total. The van der Waals surface area contributed by atoms with Gasteiger partial charge in [-0.15, -0.1) is 0 Å². The molecule has 84 valence electrons. The van der Waals surface area contributed by atoms with Crippen molar-refractivity contribution in [2.24, 2.45) is 0 Å². The molecule has 0 aromatic carbocycles. The Morgan fingerprint density at radius 3 is 2.27 bits per heavy atom. The zero-order valence-electron chi connectivity index (χ0n) is 9.33. The fraction of sp³-hybridized carbons (Fsp3) is 0.545. The molecule has 0 saturated heterocycles. The van der Waals surface area contributed by atoms with Crippen LogP contribution in [0.15, 0.2) is 11.6 Å². The molecule has 0 aromatic heterocycles. The van der Waals surface area contributed by atoms with Crippen LogP contribution in [0.5, 0.6) is 0 Å². The number of carbonyl (C=O) groups excluding carboxylic acids is 3. The zero-order chi connectivity index (χ0) is 11.8. The van der Waals surface area contributed by atoms with Gasteiger partial charge in [0.1, 0.15) is 12.2 Å². The summed E-state index contributed by atoms with van der Waals surface area (Å²) >= 11 is 0. The van der Waals surface area contributed by atoms with E-state index in [9.17, 15) is 14.4 Å². The summed E-state index contributed by atoms with van der Waals surface area (Å²) in [5.74, 6) is -1.78. The standard InChI is InChI=1S/C11H16O4/c1-4-5-6-8(2)11(14)15-10(13)7-9(3)12/h6H,4-5,7H2,1-3H3. The maximum absolute atomic E-state index is 11.2. The molecular weight excluding hydrogens is 196 g/mol. The number of esters is 2. The summed E-state index contributed by atoms with van der Waals surface area (Å²) < 4.78 is 4.45. The fourth-order valence-electron chi connectivity index (χ4n) is 0.867. The van der Waals surface area contributed by atoms with E-state index in [1.54, 1.807) is 13.0 Å². The van der Waals surface area contributed by atoms with Crippen LogP contribution in [0.1, 0.15) is 40.0 Å². The normalized spacial score (nSPS) is 11.0. The highest BCUT2D eigenvalue weighted by atomic mass is 16.6. The van der Waals surface area contributed by atoms with Crippen molar-refractivity contribution in [1.82, 2.24) is 0 Å². The van der Waals surface area contributed by atoms with Crippen LogP contribution >= 0.6 is 0 Å². The largest absolute Gasteiger partial charge is 0.389 e. The van der Waals surface area contributed by atoms with Crippen molar-refractivity contribution in [3.05, 3.63) is 11.6 Å². The third-order valence-electron chi connectivity index (χ3n) is 1.66. The topological polar surface area (TPSA) is 60.4 Å². The van der Waals surface area contributed by atoms with Crippen molar-refractivity contribution >= 4 is 17.7 Å². The van der Waals surface area contributed by atoms with Gasteiger partial charge in [0.25, 0.3) is 0 Å². The van der Waals surface area contributed by atoms with Crippen molar-refractivity contribution in [3.63, 3.8) is 0 Å². The van der Waals surface area contributed by atoms with Crippen LogP contribution in [0, 0.1) is 0 Å². The van der Waals surface area contributed by atoms with E-state index in [2.05, 4.69) is 4.74 Å². The summed E-state index contributed by atoms with van der Waals surface area (Å²) in [5.41, 5.74) is 0.397. The summed E-state index contributed by atoms with van der Waals surface area (Å²) in [4.78, 5) is 32.7. The second-order valence-corrected chi connectivity index (χ2v) is 3.32. The highest BCUT2D eigenvalue weighted by molar-refractivity contribution is 6.01. The van der Waals surface area contributed by atoms with Crippen LogP contribution < -0.4 is 0 Å². The summed E-state index contributed by atoms with van der Waals surface area (Å²) in [5, 5.41) is 0. The van der Waals surface area contributed by atoms with Gasteiger partial charge in [0.2, 0.25) is 0 Å². The Labute approximate surface area is 89.3 Å². The summed E-state index contributed by atoms with van der Waals surface area (Å²) in [6.45, 7) is 4.83. The molecule has 0 atom stereocenters. The predicted molar refractivity (Wildman–Crippen MR) is 55.1 cm³/mol. The first-order valence-electron chi connectivity index (χ1n) is 4.88. The SMILES string of the molecule is CCCC=C(C)C(=O)OC(=O)CC(C)=O. The average Bonchev–Trinajstić information content (AvgIpc) is 2.12. The van der Waals surface area contributed by atoms with Gasteiger partial charge in [-0.05, 0) is 20.3 Å². The number of ketones is 1. The summed E-state index contributed by atoms with van der Waals surface area (Å²) in [6, 6.07) is 0. The molecule has 0 bridgehead atoms. The smallest absolute Gasteiger partial charge is 0.341 e. The van der Waals surface area contributed by atoms with Gasteiger partial charge >= 0.3 is 11.9 Å². The van der Waals surface area contributed by atoms with Crippen LogP contribution in [0.2, 0.25) is 0 Å². The number of hydrogen-bond acceptors (Lipinski definition) is 4. The van der Waals surface area contributed by atoms with Crippen molar-refractivity contribution in [1.29, 1.82) is 0 Å². The quantitative estimate of drug-likeness (QED) is 0.396. The van der Waals surface area contributed by atoms with Crippen LogP contribution in [0.25, 0.3) is 0 Å². The number of allylic oxidation sites excluding steroid dienone is 1. The van der Waals surface area contributed by atoms with Gasteiger partial charge in [-0.2, -0.15) is 0 Å². The van der Waals surface area contributed by atoms with Crippen molar-refractivity contribution in [2.75, 3.05) is 0 Å². The van der Waals surface area contributed by atoms with E-state index < -0.39 is 11.9 Å².